The van der Waals surface area contributed by atoms with Crippen LogP contribution in [0.5, 0.6) is 5.75 Å². The monoisotopic (exact) mass is 297 g/mol. The Morgan fingerprint density at radius 1 is 1.35 bits per heavy atom. The molecule has 1 aromatic rings. The minimum atomic E-state index is -1.17. The van der Waals surface area contributed by atoms with E-state index in [1.54, 1.807) is 12.1 Å². The third-order valence-electron chi connectivity index (χ3n) is 2.83. The third-order valence-corrected chi connectivity index (χ3v) is 3.71. The van der Waals surface area contributed by atoms with Gasteiger partial charge in [-0.3, -0.25) is 10.1 Å². The van der Waals surface area contributed by atoms with E-state index >= 15 is 0 Å². The van der Waals surface area contributed by atoms with E-state index in [2.05, 4.69) is 33.9 Å². The summed E-state index contributed by atoms with van der Waals surface area (Å²) in [5.41, 5.74) is 0.00630. The average Bonchev–Trinajstić information content (AvgIpc) is 2.33. The molecular weight excluding hydrogens is 274 g/mol. The summed E-state index contributed by atoms with van der Waals surface area (Å²) in [4.78, 5) is 10.3. The molecule has 0 spiro atoms. The van der Waals surface area contributed by atoms with E-state index in [1.807, 2.05) is 0 Å². The fourth-order valence-corrected chi connectivity index (χ4v) is 2.82. The largest absolute Gasteiger partial charge is 0.491 e. The van der Waals surface area contributed by atoms with Crippen molar-refractivity contribution in [2.24, 2.45) is 5.41 Å². The van der Waals surface area contributed by atoms with Gasteiger partial charge >= 0.3 is 0 Å². The molecule has 20 heavy (non-hydrogen) atoms. The van der Waals surface area contributed by atoms with Gasteiger partial charge in [-0.2, -0.15) is 0 Å². The number of nitrogens with zero attached hydrogens (tertiary/aromatic N) is 1. The van der Waals surface area contributed by atoms with Gasteiger partial charge in [0.1, 0.15) is 12.4 Å². The number of hydrogen-bond acceptors (Lipinski definition) is 4. The summed E-state index contributed by atoms with van der Waals surface area (Å²) in [7, 11) is -1.17. The summed E-state index contributed by atoms with van der Waals surface area (Å²) in [6.45, 7) is 10.9. The van der Waals surface area contributed by atoms with Crippen LogP contribution in [-0.2, 0) is 4.43 Å². The first-order chi connectivity index (χ1) is 9.20. The van der Waals surface area contributed by atoms with E-state index in [4.69, 9.17) is 9.16 Å². The van der Waals surface area contributed by atoms with Crippen molar-refractivity contribution in [3.8, 4) is 5.75 Å². The SMILES string of the molecule is C[SiH](C)OC(COc1cccc([N+](=O)[O-])c1)C(C)(C)C. The first kappa shape index (κ1) is 16.7. The molecule has 1 rings (SSSR count). The average molecular weight is 297 g/mol. The van der Waals surface area contributed by atoms with Crippen LogP contribution >= 0.6 is 0 Å². The van der Waals surface area contributed by atoms with E-state index in [9.17, 15) is 10.1 Å². The predicted molar refractivity (Wildman–Crippen MR) is 81.8 cm³/mol. The Kier molecular flexibility index (Phi) is 5.70. The van der Waals surface area contributed by atoms with E-state index in [0.717, 1.165) is 0 Å². The highest BCUT2D eigenvalue weighted by Crippen LogP contribution is 2.25. The summed E-state index contributed by atoms with van der Waals surface area (Å²) >= 11 is 0. The second kappa shape index (κ2) is 6.85. The molecule has 0 N–H and O–H groups in total. The predicted octanol–water partition coefficient (Wildman–Crippen LogP) is 3.39. The molecule has 0 aliphatic carbocycles. The number of hydrogen-bond donors (Lipinski definition) is 0. The van der Waals surface area contributed by atoms with Crippen molar-refractivity contribution >= 4 is 14.7 Å². The molecule has 6 heteroatoms. The third kappa shape index (κ3) is 5.30. The first-order valence-electron chi connectivity index (χ1n) is 6.73. The zero-order valence-electron chi connectivity index (χ0n) is 12.8. The molecule has 1 atom stereocenters. The van der Waals surface area contributed by atoms with Gasteiger partial charge in [-0.25, -0.2) is 0 Å². The highest BCUT2D eigenvalue weighted by Gasteiger charge is 2.27. The van der Waals surface area contributed by atoms with Gasteiger partial charge in [-0.1, -0.05) is 26.8 Å². The molecule has 0 amide bonds. The normalized spacial score (nSPS) is 13.3. The first-order valence-corrected chi connectivity index (χ1v) is 9.51. The van der Waals surface area contributed by atoms with E-state index in [-0.39, 0.29) is 17.2 Å². The van der Waals surface area contributed by atoms with Crippen molar-refractivity contribution in [3.05, 3.63) is 34.4 Å². The summed E-state index contributed by atoms with van der Waals surface area (Å²) < 4.78 is 11.7. The number of benzene rings is 1. The highest BCUT2D eigenvalue weighted by molar-refractivity contribution is 6.48. The smallest absolute Gasteiger partial charge is 0.273 e. The van der Waals surface area contributed by atoms with Crippen LogP contribution in [0, 0.1) is 15.5 Å². The molecule has 5 nitrogen and oxygen atoms in total. The number of ether oxygens (including phenoxy) is 1. The van der Waals surface area contributed by atoms with Gasteiger partial charge < -0.3 is 9.16 Å². The van der Waals surface area contributed by atoms with Crippen molar-refractivity contribution in [1.82, 2.24) is 0 Å². The van der Waals surface area contributed by atoms with Gasteiger partial charge in [0.05, 0.1) is 17.1 Å². The zero-order valence-corrected chi connectivity index (χ0v) is 13.9. The van der Waals surface area contributed by atoms with Gasteiger partial charge in [-0.15, -0.1) is 0 Å². The lowest BCUT2D eigenvalue weighted by Crippen LogP contribution is -2.38. The Morgan fingerprint density at radius 3 is 2.50 bits per heavy atom. The second-order valence-electron chi connectivity index (χ2n) is 6.10. The van der Waals surface area contributed by atoms with Crippen molar-refractivity contribution in [1.29, 1.82) is 0 Å². The molecule has 0 heterocycles. The molecule has 0 aliphatic heterocycles. The van der Waals surface area contributed by atoms with E-state index in [0.29, 0.717) is 12.4 Å². The Morgan fingerprint density at radius 2 is 2.00 bits per heavy atom. The molecule has 0 aliphatic rings. The van der Waals surface area contributed by atoms with Gasteiger partial charge in [0.25, 0.3) is 5.69 Å². The van der Waals surface area contributed by atoms with Crippen LogP contribution < -0.4 is 4.74 Å². The van der Waals surface area contributed by atoms with Gasteiger partial charge in [-0.05, 0) is 24.6 Å². The maximum Gasteiger partial charge on any atom is 0.273 e. The van der Waals surface area contributed by atoms with Crippen molar-refractivity contribution < 1.29 is 14.1 Å². The van der Waals surface area contributed by atoms with Crippen molar-refractivity contribution in [3.63, 3.8) is 0 Å². The number of nitro benzene ring substituents is 1. The molecule has 0 fully saturated rings. The van der Waals surface area contributed by atoms with Crippen LogP contribution in [0.25, 0.3) is 0 Å². The summed E-state index contributed by atoms with van der Waals surface area (Å²) in [6.07, 6.45) is -0.0200. The van der Waals surface area contributed by atoms with Crippen LogP contribution in [0.2, 0.25) is 13.1 Å². The maximum absolute atomic E-state index is 10.7. The fourth-order valence-electron chi connectivity index (χ4n) is 1.68. The van der Waals surface area contributed by atoms with Crippen LogP contribution in [0.4, 0.5) is 5.69 Å². The minimum absolute atomic E-state index is 0.0200. The summed E-state index contributed by atoms with van der Waals surface area (Å²) in [6, 6.07) is 6.23. The van der Waals surface area contributed by atoms with E-state index in [1.165, 1.54) is 12.1 Å². The Bertz CT molecular complexity index is 457. The topological polar surface area (TPSA) is 61.6 Å². The van der Waals surface area contributed by atoms with Crippen LogP contribution in [0.15, 0.2) is 24.3 Å². The number of non-ortho nitro benzene ring substituents is 1. The molecule has 0 saturated heterocycles. The van der Waals surface area contributed by atoms with Gasteiger partial charge in [0.2, 0.25) is 0 Å². The fraction of sp³-hybridized carbons (Fsp3) is 0.571. The Labute approximate surface area is 121 Å². The van der Waals surface area contributed by atoms with Crippen LogP contribution in [0.3, 0.4) is 0 Å². The van der Waals surface area contributed by atoms with E-state index < -0.39 is 14.0 Å². The standard InChI is InChI=1S/C14H23NO4Si/c1-14(2,3)13(19-20(4)5)10-18-12-8-6-7-11(9-12)15(16)17/h6-9,13,20H,10H2,1-5H3. The molecule has 1 aromatic carbocycles. The van der Waals surface area contributed by atoms with Gasteiger partial charge in [0.15, 0.2) is 9.04 Å². The molecule has 1 unspecified atom stereocenters. The molecule has 0 bridgehead atoms. The van der Waals surface area contributed by atoms with Crippen molar-refractivity contribution in [2.75, 3.05) is 6.61 Å². The van der Waals surface area contributed by atoms with Crippen molar-refractivity contribution in [2.45, 2.75) is 40.0 Å². The quantitative estimate of drug-likeness (QED) is 0.459. The van der Waals surface area contributed by atoms with Crippen LogP contribution in [-0.4, -0.2) is 26.7 Å². The summed E-state index contributed by atoms with van der Waals surface area (Å²) in [5.74, 6) is 0.502. The Hall–Kier alpha value is -1.40. The highest BCUT2D eigenvalue weighted by atomic mass is 28.3. The molecule has 112 valence electrons. The molecule has 0 saturated carbocycles. The second-order valence-corrected chi connectivity index (χ2v) is 8.47. The maximum atomic E-state index is 10.7. The lowest BCUT2D eigenvalue weighted by Gasteiger charge is -2.32. The number of nitro groups is 1. The zero-order chi connectivity index (χ0) is 15.3. The van der Waals surface area contributed by atoms with Crippen LogP contribution in [0.1, 0.15) is 20.8 Å². The molecular formula is C14H23NO4Si. The Balaban J connectivity index is 2.72. The lowest BCUT2D eigenvalue weighted by atomic mass is 9.90. The molecule has 0 aromatic heterocycles. The lowest BCUT2D eigenvalue weighted by molar-refractivity contribution is -0.384. The minimum Gasteiger partial charge on any atom is -0.491 e. The van der Waals surface area contributed by atoms with Gasteiger partial charge in [0, 0.05) is 6.07 Å². The number of rotatable bonds is 6. The molecule has 0 radical (unpaired) electrons. The summed E-state index contributed by atoms with van der Waals surface area (Å²) in [5, 5.41) is 10.7.